The topological polar surface area (TPSA) is 20.2 Å². The lowest BCUT2D eigenvalue weighted by Gasteiger charge is -1.97. The van der Waals surface area contributed by atoms with Gasteiger partial charge < -0.3 is 5.11 Å². The Balaban J connectivity index is 3.03. The number of aliphatic hydroxyl groups is 1. The van der Waals surface area contributed by atoms with Crippen molar-refractivity contribution in [3.8, 4) is 0 Å². The first-order chi connectivity index (χ1) is 5.77. The molecule has 0 aromatic rings. The van der Waals surface area contributed by atoms with Crippen molar-refractivity contribution in [2.75, 3.05) is 6.61 Å². The highest BCUT2D eigenvalue weighted by Gasteiger charge is 1.87. The molecule has 0 spiro atoms. The average molecular weight is 170 g/mol. The van der Waals surface area contributed by atoms with Crippen molar-refractivity contribution in [2.24, 2.45) is 5.92 Å². The fourth-order valence-electron chi connectivity index (χ4n) is 1.04. The molecule has 1 heteroatoms. The maximum Gasteiger partial charge on any atom is 0.0431 e. The van der Waals surface area contributed by atoms with Gasteiger partial charge >= 0.3 is 0 Å². The Hall–Kier alpha value is -0.300. The molecule has 0 saturated carbocycles. The normalized spacial score (nSPS) is 11.7. The maximum atomic E-state index is 8.52. The minimum absolute atomic E-state index is 0.343. The molecule has 0 aliphatic heterocycles. The van der Waals surface area contributed by atoms with Gasteiger partial charge in [0, 0.05) is 6.61 Å². The lowest BCUT2D eigenvalue weighted by Crippen LogP contribution is -1.83. The molecule has 0 bridgehead atoms. The summed E-state index contributed by atoms with van der Waals surface area (Å²) in [5, 5.41) is 8.52. The van der Waals surface area contributed by atoms with Crippen LogP contribution in [0.5, 0.6) is 0 Å². The van der Waals surface area contributed by atoms with E-state index >= 15 is 0 Å². The van der Waals surface area contributed by atoms with Crippen molar-refractivity contribution < 1.29 is 5.11 Å². The lowest BCUT2D eigenvalue weighted by molar-refractivity contribution is 0.283. The largest absolute Gasteiger partial charge is 0.396 e. The van der Waals surface area contributed by atoms with Crippen LogP contribution in [0, 0.1) is 5.92 Å². The molecule has 0 aromatic carbocycles. The van der Waals surface area contributed by atoms with Crippen molar-refractivity contribution in [1.82, 2.24) is 0 Å². The fraction of sp³-hybridized carbons (Fsp3) is 0.818. The van der Waals surface area contributed by atoms with E-state index < -0.39 is 0 Å². The van der Waals surface area contributed by atoms with E-state index in [4.69, 9.17) is 5.11 Å². The molecular formula is C11H22O. The molecule has 0 radical (unpaired) electrons. The third-order valence-corrected chi connectivity index (χ3v) is 1.80. The summed E-state index contributed by atoms with van der Waals surface area (Å²) in [7, 11) is 0. The summed E-state index contributed by atoms with van der Waals surface area (Å²) in [5.41, 5.74) is 0. The Morgan fingerprint density at radius 1 is 1.08 bits per heavy atom. The smallest absolute Gasteiger partial charge is 0.0431 e. The van der Waals surface area contributed by atoms with Gasteiger partial charge in [-0.05, 0) is 31.6 Å². The summed E-state index contributed by atoms with van der Waals surface area (Å²) in [6, 6.07) is 0. The Labute approximate surface area is 76.5 Å². The first-order valence-electron chi connectivity index (χ1n) is 5.03. The zero-order valence-electron chi connectivity index (χ0n) is 8.42. The number of rotatable bonds is 7. The molecule has 0 unspecified atom stereocenters. The van der Waals surface area contributed by atoms with Crippen LogP contribution >= 0.6 is 0 Å². The van der Waals surface area contributed by atoms with E-state index in [0.717, 1.165) is 18.8 Å². The Morgan fingerprint density at radius 3 is 2.42 bits per heavy atom. The molecule has 72 valence electrons. The average Bonchev–Trinajstić information content (AvgIpc) is 2.02. The SMILES string of the molecule is CC(C)CC=CCCCCCO. The molecule has 0 aliphatic carbocycles. The summed E-state index contributed by atoms with van der Waals surface area (Å²) in [4.78, 5) is 0. The number of allylic oxidation sites excluding steroid dienone is 2. The van der Waals surface area contributed by atoms with E-state index in [1.165, 1.54) is 19.3 Å². The zero-order chi connectivity index (χ0) is 9.23. The Bertz CT molecular complexity index is 106. The number of hydrogen-bond donors (Lipinski definition) is 1. The second-order valence-corrected chi connectivity index (χ2v) is 3.67. The van der Waals surface area contributed by atoms with Crippen LogP contribution in [-0.2, 0) is 0 Å². The zero-order valence-corrected chi connectivity index (χ0v) is 8.42. The Morgan fingerprint density at radius 2 is 1.83 bits per heavy atom. The van der Waals surface area contributed by atoms with Gasteiger partial charge in [0.25, 0.3) is 0 Å². The quantitative estimate of drug-likeness (QED) is 0.459. The molecule has 12 heavy (non-hydrogen) atoms. The summed E-state index contributed by atoms with van der Waals surface area (Å²) in [6.45, 7) is 4.81. The van der Waals surface area contributed by atoms with E-state index in [0.29, 0.717) is 6.61 Å². The van der Waals surface area contributed by atoms with Crippen molar-refractivity contribution in [3.63, 3.8) is 0 Å². The van der Waals surface area contributed by atoms with Gasteiger partial charge in [0.05, 0.1) is 0 Å². The third-order valence-electron chi connectivity index (χ3n) is 1.80. The van der Waals surface area contributed by atoms with Crippen LogP contribution in [0.15, 0.2) is 12.2 Å². The van der Waals surface area contributed by atoms with Crippen LogP contribution in [-0.4, -0.2) is 11.7 Å². The van der Waals surface area contributed by atoms with Gasteiger partial charge in [-0.1, -0.05) is 32.4 Å². The predicted octanol–water partition coefficient (Wildman–Crippen LogP) is 3.14. The monoisotopic (exact) mass is 170 g/mol. The highest BCUT2D eigenvalue weighted by Crippen LogP contribution is 2.03. The molecule has 0 rings (SSSR count). The second kappa shape index (κ2) is 8.79. The van der Waals surface area contributed by atoms with E-state index in [9.17, 15) is 0 Å². The lowest BCUT2D eigenvalue weighted by atomic mass is 10.1. The van der Waals surface area contributed by atoms with E-state index in [2.05, 4.69) is 26.0 Å². The molecule has 0 fully saturated rings. The molecule has 0 heterocycles. The summed E-state index contributed by atoms with van der Waals surface area (Å²) in [6.07, 6.45) is 10.2. The van der Waals surface area contributed by atoms with Gasteiger partial charge in [-0.2, -0.15) is 0 Å². The maximum absolute atomic E-state index is 8.52. The van der Waals surface area contributed by atoms with Crippen molar-refractivity contribution in [1.29, 1.82) is 0 Å². The first kappa shape index (κ1) is 11.7. The van der Waals surface area contributed by atoms with E-state index in [-0.39, 0.29) is 0 Å². The minimum Gasteiger partial charge on any atom is -0.396 e. The van der Waals surface area contributed by atoms with Gasteiger partial charge in [-0.25, -0.2) is 0 Å². The second-order valence-electron chi connectivity index (χ2n) is 3.67. The van der Waals surface area contributed by atoms with Crippen LogP contribution in [0.1, 0.15) is 46.0 Å². The molecule has 1 N–H and O–H groups in total. The number of unbranched alkanes of at least 4 members (excludes halogenated alkanes) is 3. The third kappa shape index (κ3) is 9.70. The standard InChI is InChI=1S/C11H22O/c1-11(2)9-7-5-3-4-6-8-10-12/h5,7,11-12H,3-4,6,8-10H2,1-2H3. The number of aliphatic hydroxyl groups excluding tert-OH is 1. The van der Waals surface area contributed by atoms with Gasteiger partial charge in [0.15, 0.2) is 0 Å². The molecular weight excluding hydrogens is 148 g/mol. The molecule has 0 atom stereocenters. The first-order valence-corrected chi connectivity index (χ1v) is 5.03. The molecule has 0 aromatic heterocycles. The van der Waals surface area contributed by atoms with Crippen LogP contribution < -0.4 is 0 Å². The highest BCUT2D eigenvalue weighted by atomic mass is 16.2. The van der Waals surface area contributed by atoms with Gasteiger partial charge in [-0.15, -0.1) is 0 Å². The molecule has 0 amide bonds. The van der Waals surface area contributed by atoms with Crippen LogP contribution in [0.3, 0.4) is 0 Å². The van der Waals surface area contributed by atoms with E-state index in [1.54, 1.807) is 0 Å². The van der Waals surface area contributed by atoms with Gasteiger partial charge in [0.1, 0.15) is 0 Å². The highest BCUT2D eigenvalue weighted by molar-refractivity contribution is 4.82. The predicted molar refractivity (Wildman–Crippen MR) is 54.1 cm³/mol. The molecule has 1 nitrogen and oxygen atoms in total. The molecule has 0 saturated heterocycles. The molecule has 0 aliphatic rings. The van der Waals surface area contributed by atoms with Crippen molar-refractivity contribution >= 4 is 0 Å². The number of hydrogen-bond acceptors (Lipinski definition) is 1. The summed E-state index contributed by atoms with van der Waals surface area (Å²) in [5.74, 6) is 0.777. The minimum atomic E-state index is 0.343. The summed E-state index contributed by atoms with van der Waals surface area (Å²) < 4.78 is 0. The summed E-state index contributed by atoms with van der Waals surface area (Å²) >= 11 is 0. The van der Waals surface area contributed by atoms with Crippen molar-refractivity contribution in [3.05, 3.63) is 12.2 Å². The van der Waals surface area contributed by atoms with Crippen molar-refractivity contribution in [2.45, 2.75) is 46.0 Å². The van der Waals surface area contributed by atoms with Crippen LogP contribution in [0.25, 0.3) is 0 Å². The van der Waals surface area contributed by atoms with Crippen LogP contribution in [0.2, 0.25) is 0 Å². The van der Waals surface area contributed by atoms with E-state index in [1.807, 2.05) is 0 Å². The Kier molecular flexibility index (Phi) is 8.57. The van der Waals surface area contributed by atoms with Gasteiger partial charge in [0.2, 0.25) is 0 Å². The van der Waals surface area contributed by atoms with Crippen LogP contribution in [0.4, 0.5) is 0 Å². The van der Waals surface area contributed by atoms with Gasteiger partial charge in [-0.3, -0.25) is 0 Å². The fourth-order valence-corrected chi connectivity index (χ4v) is 1.04.